The Hall–Kier alpha value is -2.72. The minimum absolute atomic E-state index is 0.149. The maximum Gasteiger partial charge on any atom is 0.237 e. The number of carbonyl (C=O) groups is 1. The first kappa shape index (κ1) is 20.5. The van der Waals surface area contributed by atoms with Crippen LogP contribution in [0.1, 0.15) is 32.4 Å². The van der Waals surface area contributed by atoms with Crippen molar-refractivity contribution in [3.63, 3.8) is 0 Å². The molecule has 0 saturated heterocycles. The number of nitrogens with zero attached hydrogens (tertiary/aromatic N) is 3. The summed E-state index contributed by atoms with van der Waals surface area (Å²) >= 11 is 1.29. The lowest BCUT2D eigenvalue weighted by atomic mass is 9.89. The van der Waals surface area contributed by atoms with Gasteiger partial charge in [-0.15, -0.1) is 11.3 Å². The third kappa shape index (κ3) is 4.39. The Bertz CT molecular complexity index is 1100. The quantitative estimate of drug-likeness (QED) is 0.575. The van der Waals surface area contributed by atoms with Crippen LogP contribution in [0.2, 0.25) is 0 Å². The van der Waals surface area contributed by atoms with Gasteiger partial charge in [0.25, 0.3) is 0 Å². The zero-order valence-electron chi connectivity index (χ0n) is 16.4. The topological polar surface area (TPSA) is 96.9 Å². The SMILES string of the molecule is CC(C)(C(=O)Nc1ncc(-c2cccnc2)cc1F)c1csc(NS(=O)C2CC2)n1. The number of amides is 1. The molecule has 1 amide bonds. The van der Waals surface area contributed by atoms with E-state index < -0.39 is 28.1 Å². The zero-order valence-corrected chi connectivity index (χ0v) is 18.0. The first-order chi connectivity index (χ1) is 14.3. The molecule has 0 bridgehead atoms. The van der Waals surface area contributed by atoms with E-state index in [4.69, 9.17) is 0 Å². The van der Waals surface area contributed by atoms with Gasteiger partial charge in [0.1, 0.15) is 11.0 Å². The van der Waals surface area contributed by atoms with Gasteiger partial charge in [0, 0.05) is 35.1 Å². The van der Waals surface area contributed by atoms with E-state index in [-0.39, 0.29) is 11.1 Å². The molecule has 30 heavy (non-hydrogen) atoms. The highest BCUT2D eigenvalue weighted by molar-refractivity contribution is 7.87. The molecule has 1 fully saturated rings. The van der Waals surface area contributed by atoms with E-state index in [2.05, 4.69) is 25.0 Å². The number of pyridine rings is 2. The lowest BCUT2D eigenvalue weighted by Gasteiger charge is -2.21. The number of thiazole rings is 1. The van der Waals surface area contributed by atoms with Gasteiger partial charge < -0.3 is 5.32 Å². The van der Waals surface area contributed by atoms with Crippen LogP contribution in [0.4, 0.5) is 15.3 Å². The van der Waals surface area contributed by atoms with Gasteiger partial charge in [-0.2, -0.15) is 0 Å². The molecular weight excluding hydrogens is 425 g/mol. The van der Waals surface area contributed by atoms with Crippen molar-refractivity contribution < 1.29 is 13.4 Å². The fraction of sp³-hybridized carbons (Fsp3) is 0.300. The van der Waals surface area contributed by atoms with Gasteiger partial charge in [-0.1, -0.05) is 6.07 Å². The van der Waals surface area contributed by atoms with E-state index in [1.807, 2.05) is 0 Å². The van der Waals surface area contributed by atoms with Crippen molar-refractivity contribution in [1.82, 2.24) is 15.0 Å². The van der Waals surface area contributed by atoms with Gasteiger partial charge in [0.15, 0.2) is 16.8 Å². The van der Waals surface area contributed by atoms with Crippen molar-refractivity contribution in [2.75, 3.05) is 10.0 Å². The summed E-state index contributed by atoms with van der Waals surface area (Å²) in [5, 5.41) is 4.97. The second-order valence-electron chi connectivity index (χ2n) is 7.51. The van der Waals surface area contributed by atoms with Crippen molar-refractivity contribution in [3.05, 3.63) is 53.7 Å². The highest BCUT2D eigenvalue weighted by atomic mass is 32.2. The number of nitrogens with one attached hydrogen (secondary N) is 2. The molecule has 0 aliphatic heterocycles. The molecule has 2 N–H and O–H groups in total. The average molecular weight is 446 g/mol. The fourth-order valence-corrected chi connectivity index (χ4v) is 4.77. The Morgan fingerprint density at radius 2 is 2.10 bits per heavy atom. The van der Waals surface area contributed by atoms with Gasteiger partial charge in [-0.05, 0) is 38.8 Å². The van der Waals surface area contributed by atoms with Crippen molar-refractivity contribution in [3.8, 4) is 11.1 Å². The monoisotopic (exact) mass is 445 g/mol. The third-order valence-electron chi connectivity index (χ3n) is 4.80. The number of hydrogen-bond donors (Lipinski definition) is 2. The third-order valence-corrected chi connectivity index (χ3v) is 7.15. The van der Waals surface area contributed by atoms with Gasteiger partial charge in [0.2, 0.25) is 5.91 Å². The molecule has 1 aliphatic rings. The fourth-order valence-electron chi connectivity index (χ4n) is 2.66. The summed E-state index contributed by atoms with van der Waals surface area (Å²) in [7, 11) is -1.16. The zero-order chi connectivity index (χ0) is 21.3. The second kappa shape index (κ2) is 8.19. The van der Waals surface area contributed by atoms with Crippen LogP contribution in [0, 0.1) is 5.82 Å². The van der Waals surface area contributed by atoms with Crippen LogP contribution in [0.3, 0.4) is 0 Å². The molecule has 7 nitrogen and oxygen atoms in total. The number of anilines is 2. The molecule has 0 spiro atoms. The maximum absolute atomic E-state index is 14.6. The standard InChI is InChI=1S/C20H20FN5O2S2/c1-20(2,16-11-29-19(24-16)26-30(28)14-5-6-14)18(27)25-17-15(21)8-13(10-23-17)12-4-3-7-22-9-12/h3-4,7-11,14H,5-6H2,1-2H3,(H,24,26)(H,23,25,27). The average Bonchev–Trinajstić information content (AvgIpc) is 3.49. The summed E-state index contributed by atoms with van der Waals surface area (Å²) in [6.07, 6.45) is 6.63. The maximum atomic E-state index is 14.6. The van der Waals surface area contributed by atoms with Gasteiger partial charge in [0.05, 0.1) is 16.4 Å². The van der Waals surface area contributed by atoms with Crippen LogP contribution in [0.25, 0.3) is 11.1 Å². The lowest BCUT2D eigenvalue weighted by molar-refractivity contribution is -0.120. The largest absolute Gasteiger partial charge is 0.307 e. The van der Waals surface area contributed by atoms with Crippen LogP contribution in [0.15, 0.2) is 42.2 Å². The highest BCUT2D eigenvalue weighted by Gasteiger charge is 2.34. The lowest BCUT2D eigenvalue weighted by Crippen LogP contribution is -2.35. The second-order valence-corrected chi connectivity index (χ2v) is 9.84. The molecule has 1 saturated carbocycles. The van der Waals surface area contributed by atoms with E-state index in [0.717, 1.165) is 18.4 Å². The predicted molar refractivity (Wildman–Crippen MR) is 116 cm³/mol. The summed E-state index contributed by atoms with van der Waals surface area (Å²) in [6.45, 7) is 3.39. The Labute approximate surface area is 179 Å². The van der Waals surface area contributed by atoms with Gasteiger partial charge >= 0.3 is 0 Å². The first-order valence-electron chi connectivity index (χ1n) is 9.35. The normalized spacial score (nSPS) is 14.9. The van der Waals surface area contributed by atoms with Crippen LogP contribution in [0.5, 0.6) is 0 Å². The van der Waals surface area contributed by atoms with Crippen LogP contribution in [-0.4, -0.2) is 30.3 Å². The molecule has 0 aromatic carbocycles. The van der Waals surface area contributed by atoms with E-state index in [1.165, 1.54) is 23.6 Å². The molecule has 0 radical (unpaired) electrons. The Morgan fingerprint density at radius 1 is 1.30 bits per heavy atom. The van der Waals surface area contributed by atoms with Crippen LogP contribution < -0.4 is 10.0 Å². The first-order valence-corrected chi connectivity index (χ1v) is 11.4. The van der Waals surface area contributed by atoms with E-state index in [1.54, 1.807) is 43.8 Å². The molecule has 10 heteroatoms. The van der Waals surface area contributed by atoms with E-state index >= 15 is 0 Å². The minimum atomic E-state index is -1.16. The summed E-state index contributed by atoms with van der Waals surface area (Å²) in [6, 6.07) is 4.86. The van der Waals surface area contributed by atoms with E-state index in [9.17, 15) is 13.4 Å². The molecule has 156 valence electrons. The van der Waals surface area contributed by atoms with Crippen molar-refractivity contribution in [2.45, 2.75) is 37.4 Å². The predicted octanol–water partition coefficient (Wildman–Crippen LogP) is 3.89. The summed E-state index contributed by atoms with van der Waals surface area (Å²) in [5.74, 6) is -1.23. The van der Waals surface area contributed by atoms with Crippen molar-refractivity contribution in [1.29, 1.82) is 0 Å². The molecular formula is C20H20FN5O2S2. The number of halogens is 1. The summed E-state index contributed by atoms with van der Waals surface area (Å²) in [5.41, 5.74) is 0.769. The van der Waals surface area contributed by atoms with Gasteiger partial charge in [-0.3, -0.25) is 14.5 Å². The van der Waals surface area contributed by atoms with E-state index in [0.29, 0.717) is 16.4 Å². The van der Waals surface area contributed by atoms with Crippen LogP contribution >= 0.6 is 11.3 Å². The van der Waals surface area contributed by atoms with Crippen molar-refractivity contribution >= 4 is 39.2 Å². The molecule has 4 rings (SSSR count). The van der Waals surface area contributed by atoms with Crippen LogP contribution in [-0.2, 0) is 21.2 Å². The minimum Gasteiger partial charge on any atom is -0.307 e. The number of carbonyl (C=O) groups excluding carboxylic acids is 1. The Balaban J connectivity index is 1.47. The number of hydrogen-bond acceptors (Lipinski definition) is 6. The highest BCUT2D eigenvalue weighted by Crippen LogP contribution is 2.31. The summed E-state index contributed by atoms with van der Waals surface area (Å²) < 4.78 is 29.5. The number of aromatic nitrogens is 3. The summed E-state index contributed by atoms with van der Waals surface area (Å²) in [4.78, 5) is 25.3. The molecule has 1 aliphatic carbocycles. The van der Waals surface area contributed by atoms with Crippen molar-refractivity contribution in [2.24, 2.45) is 0 Å². The Kier molecular flexibility index (Phi) is 5.61. The molecule has 1 unspecified atom stereocenters. The smallest absolute Gasteiger partial charge is 0.237 e. The molecule has 3 heterocycles. The Morgan fingerprint density at radius 3 is 2.77 bits per heavy atom. The molecule has 3 aromatic heterocycles. The number of rotatable bonds is 7. The molecule has 3 aromatic rings. The van der Waals surface area contributed by atoms with Gasteiger partial charge in [-0.25, -0.2) is 18.6 Å². The molecule has 1 atom stereocenters.